The van der Waals surface area contributed by atoms with Crippen molar-refractivity contribution in [2.24, 2.45) is 0 Å². The number of nitrogens with zero attached hydrogens (tertiary/aromatic N) is 1. The maximum atomic E-state index is 11.8. The fourth-order valence-corrected chi connectivity index (χ4v) is 2.03. The summed E-state index contributed by atoms with van der Waals surface area (Å²) >= 11 is 0. The van der Waals surface area contributed by atoms with Gasteiger partial charge in [0.15, 0.2) is 0 Å². The van der Waals surface area contributed by atoms with Gasteiger partial charge in [-0.2, -0.15) is 0 Å². The summed E-state index contributed by atoms with van der Waals surface area (Å²) in [6.45, 7) is 3.97. The molecule has 0 saturated carbocycles. The number of carbonyl (C=O) groups excluding carboxylic acids is 1. The van der Waals surface area contributed by atoms with Crippen LogP contribution in [0.5, 0.6) is 0 Å². The molecule has 1 amide bonds. The lowest BCUT2D eigenvalue weighted by Crippen LogP contribution is -2.19. The van der Waals surface area contributed by atoms with E-state index in [1.54, 1.807) is 7.05 Å². The van der Waals surface area contributed by atoms with Crippen molar-refractivity contribution in [3.05, 3.63) is 53.3 Å². The van der Waals surface area contributed by atoms with Crippen LogP contribution in [0, 0.1) is 6.92 Å². The first-order chi connectivity index (χ1) is 9.15. The van der Waals surface area contributed by atoms with E-state index in [1.807, 2.05) is 31.3 Å². The molecule has 0 saturated heterocycles. The Morgan fingerprint density at radius 2 is 2.05 bits per heavy atom. The van der Waals surface area contributed by atoms with E-state index in [2.05, 4.69) is 29.4 Å². The van der Waals surface area contributed by atoms with Gasteiger partial charge in [0.05, 0.1) is 11.3 Å². The van der Waals surface area contributed by atoms with Gasteiger partial charge in [0.1, 0.15) is 0 Å². The quantitative estimate of drug-likeness (QED) is 0.915. The van der Waals surface area contributed by atoms with E-state index in [4.69, 9.17) is 0 Å². The Kier molecular flexibility index (Phi) is 3.95. The summed E-state index contributed by atoms with van der Waals surface area (Å²) in [7, 11) is 1.63. The van der Waals surface area contributed by atoms with Crippen LogP contribution >= 0.6 is 0 Å². The van der Waals surface area contributed by atoms with Crippen molar-refractivity contribution in [1.29, 1.82) is 0 Å². The molecule has 19 heavy (non-hydrogen) atoms. The normalized spacial score (nSPS) is 10.3. The predicted molar refractivity (Wildman–Crippen MR) is 77.2 cm³/mol. The zero-order valence-corrected chi connectivity index (χ0v) is 11.5. The molecule has 0 atom stereocenters. The number of pyridine rings is 1. The van der Waals surface area contributed by atoms with Gasteiger partial charge in [0.2, 0.25) is 0 Å². The van der Waals surface area contributed by atoms with Gasteiger partial charge in [0, 0.05) is 18.8 Å². The summed E-state index contributed by atoms with van der Waals surface area (Å²) < 4.78 is 0. The Labute approximate surface area is 113 Å². The van der Waals surface area contributed by atoms with Crippen LogP contribution in [0.3, 0.4) is 0 Å². The van der Waals surface area contributed by atoms with Gasteiger partial charge in [-0.3, -0.25) is 9.78 Å². The van der Waals surface area contributed by atoms with E-state index in [0.717, 1.165) is 23.2 Å². The molecule has 2 rings (SSSR count). The summed E-state index contributed by atoms with van der Waals surface area (Å²) in [5.74, 6) is -0.0986. The molecule has 98 valence electrons. The van der Waals surface area contributed by atoms with Gasteiger partial charge in [0.25, 0.3) is 5.91 Å². The van der Waals surface area contributed by atoms with Gasteiger partial charge in [-0.1, -0.05) is 31.2 Å². The highest BCUT2D eigenvalue weighted by Crippen LogP contribution is 2.22. The molecule has 3 heteroatoms. The summed E-state index contributed by atoms with van der Waals surface area (Å²) in [6.07, 6.45) is 2.81. The summed E-state index contributed by atoms with van der Waals surface area (Å²) in [6, 6.07) is 10.2. The van der Waals surface area contributed by atoms with Crippen molar-refractivity contribution in [1.82, 2.24) is 10.3 Å². The minimum Gasteiger partial charge on any atom is -0.355 e. The van der Waals surface area contributed by atoms with Gasteiger partial charge in [-0.05, 0) is 30.5 Å². The smallest absolute Gasteiger partial charge is 0.252 e. The Balaban J connectivity index is 2.48. The van der Waals surface area contributed by atoms with Crippen LogP contribution in [0.2, 0.25) is 0 Å². The van der Waals surface area contributed by atoms with E-state index in [9.17, 15) is 4.79 Å². The summed E-state index contributed by atoms with van der Waals surface area (Å²) in [5, 5.41) is 2.64. The van der Waals surface area contributed by atoms with Gasteiger partial charge < -0.3 is 5.32 Å². The first kappa shape index (κ1) is 13.3. The summed E-state index contributed by atoms with van der Waals surface area (Å²) in [5.41, 5.74) is 4.72. The third-order valence-electron chi connectivity index (χ3n) is 3.23. The van der Waals surface area contributed by atoms with Crippen LogP contribution in [0.25, 0.3) is 11.1 Å². The Hall–Kier alpha value is -2.16. The van der Waals surface area contributed by atoms with Crippen LogP contribution < -0.4 is 5.32 Å². The molecule has 1 heterocycles. The van der Waals surface area contributed by atoms with Crippen LogP contribution in [0.4, 0.5) is 0 Å². The van der Waals surface area contributed by atoms with Crippen molar-refractivity contribution >= 4 is 5.91 Å². The standard InChI is InChI=1S/C16H18N2O/c1-4-12-6-5-7-13(8-12)14-9-15(16(19)17-3)11(2)18-10-14/h5-10H,4H2,1-3H3,(H,17,19). The number of aromatic nitrogens is 1. The Bertz CT molecular complexity index is 605. The zero-order valence-electron chi connectivity index (χ0n) is 11.5. The number of amides is 1. The monoisotopic (exact) mass is 254 g/mol. The van der Waals surface area contributed by atoms with Gasteiger partial charge in [-0.25, -0.2) is 0 Å². The molecule has 1 aromatic carbocycles. The van der Waals surface area contributed by atoms with E-state index in [0.29, 0.717) is 5.56 Å². The van der Waals surface area contributed by atoms with Crippen LogP contribution in [0.15, 0.2) is 36.5 Å². The number of nitrogens with one attached hydrogen (secondary N) is 1. The third kappa shape index (κ3) is 2.81. The maximum Gasteiger partial charge on any atom is 0.252 e. The van der Waals surface area contributed by atoms with Crippen LogP contribution in [-0.4, -0.2) is 17.9 Å². The topological polar surface area (TPSA) is 42.0 Å². The largest absolute Gasteiger partial charge is 0.355 e. The highest BCUT2D eigenvalue weighted by atomic mass is 16.1. The van der Waals surface area contributed by atoms with Crippen molar-refractivity contribution in [3.8, 4) is 11.1 Å². The number of rotatable bonds is 3. The summed E-state index contributed by atoms with van der Waals surface area (Å²) in [4.78, 5) is 16.1. The molecule has 2 aromatic rings. The van der Waals surface area contributed by atoms with Crippen molar-refractivity contribution in [3.63, 3.8) is 0 Å². The second kappa shape index (κ2) is 5.65. The lowest BCUT2D eigenvalue weighted by Gasteiger charge is -2.08. The number of carbonyl (C=O) groups is 1. The Morgan fingerprint density at radius 3 is 2.74 bits per heavy atom. The molecule has 0 aliphatic rings. The predicted octanol–water partition coefficient (Wildman–Crippen LogP) is 2.98. The van der Waals surface area contributed by atoms with E-state index >= 15 is 0 Å². The SMILES string of the molecule is CCc1cccc(-c2cnc(C)c(C(=O)NC)c2)c1. The lowest BCUT2D eigenvalue weighted by molar-refractivity contribution is 0.0962. The van der Waals surface area contributed by atoms with Crippen LogP contribution in [0.1, 0.15) is 28.5 Å². The Morgan fingerprint density at radius 1 is 1.26 bits per heavy atom. The fourth-order valence-electron chi connectivity index (χ4n) is 2.03. The maximum absolute atomic E-state index is 11.8. The molecule has 1 N–H and O–H groups in total. The number of hydrogen-bond donors (Lipinski definition) is 1. The molecule has 1 aromatic heterocycles. The minimum atomic E-state index is -0.0986. The van der Waals surface area contributed by atoms with Gasteiger partial charge in [-0.15, -0.1) is 0 Å². The number of aryl methyl sites for hydroxylation is 2. The molecular weight excluding hydrogens is 236 g/mol. The van der Waals surface area contributed by atoms with Gasteiger partial charge >= 0.3 is 0 Å². The molecule has 0 bridgehead atoms. The van der Waals surface area contributed by atoms with E-state index < -0.39 is 0 Å². The average Bonchev–Trinajstić information content (AvgIpc) is 2.47. The van der Waals surface area contributed by atoms with E-state index in [-0.39, 0.29) is 5.91 Å². The van der Waals surface area contributed by atoms with Crippen LogP contribution in [-0.2, 0) is 6.42 Å². The molecular formula is C16H18N2O. The van der Waals surface area contributed by atoms with Crippen molar-refractivity contribution < 1.29 is 4.79 Å². The number of benzene rings is 1. The fraction of sp³-hybridized carbons (Fsp3) is 0.250. The highest BCUT2D eigenvalue weighted by molar-refractivity contribution is 5.96. The molecule has 0 unspecified atom stereocenters. The van der Waals surface area contributed by atoms with E-state index in [1.165, 1.54) is 5.56 Å². The zero-order chi connectivity index (χ0) is 13.8. The second-order valence-corrected chi connectivity index (χ2v) is 4.49. The first-order valence-electron chi connectivity index (χ1n) is 6.43. The second-order valence-electron chi connectivity index (χ2n) is 4.49. The first-order valence-corrected chi connectivity index (χ1v) is 6.43. The molecule has 0 radical (unpaired) electrons. The third-order valence-corrected chi connectivity index (χ3v) is 3.23. The highest BCUT2D eigenvalue weighted by Gasteiger charge is 2.10. The number of hydrogen-bond acceptors (Lipinski definition) is 2. The molecule has 0 fully saturated rings. The average molecular weight is 254 g/mol. The van der Waals surface area contributed by atoms with Crippen molar-refractivity contribution in [2.45, 2.75) is 20.3 Å². The molecule has 0 aliphatic heterocycles. The lowest BCUT2D eigenvalue weighted by atomic mass is 10.0. The minimum absolute atomic E-state index is 0.0986. The molecule has 0 spiro atoms. The molecule has 0 aliphatic carbocycles. The van der Waals surface area contributed by atoms with Crippen molar-refractivity contribution in [2.75, 3.05) is 7.05 Å². The molecule has 3 nitrogen and oxygen atoms in total.